The summed E-state index contributed by atoms with van der Waals surface area (Å²) in [4.78, 5) is 21.4. The summed E-state index contributed by atoms with van der Waals surface area (Å²) in [5.74, 6) is 0.339. The minimum Gasteiger partial charge on any atom is -0.444 e. The summed E-state index contributed by atoms with van der Waals surface area (Å²) in [5, 5.41) is 5.41. The zero-order valence-electron chi connectivity index (χ0n) is 16.5. The predicted molar refractivity (Wildman–Crippen MR) is 116 cm³/mol. The standard InChI is InChI=1S/C23H21N3O2S/c1-14-9-16(3)19(10-15(14)2)20-13-29-23(25-20)26-21(27)11-18-12-28-22(24-18)17-7-5-4-6-8-17/h4-10,12-13H,11H2,1-3H3,(H,25,26,27). The van der Waals surface area contributed by atoms with E-state index in [0.29, 0.717) is 16.7 Å². The molecule has 0 radical (unpaired) electrons. The lowest BCUT2D eigenvalue weighted by atomic mass is 9.99. The number of oxazole rings is 1. The van der Waals surface area contributed by atoms with Crippen LogP contribution in [-0.2, 0) is 11.2 Å². The molecule has 29 heavy (non-hydrogen) atoms. The van der Waals surface area contributed by atoms with E-state index in [2.05, 4.69) is 48.2 Å². The molecule has 0 aliphatic carbocycles. The first-order valence-corrected chi connectivity index (χ1v) is 10.2. The molecule has 1 amide bonds. The number of carbonyl (C=O) groups excluding carboxylic acids is 1. The summed E-state index contributed by atoms with van der Waals surface area (Å²) in [6, 6.07) is 13.9. The SMILES string of the molecule is Cc1cc(C)c(-c2csc(NC(=O)Cc3coc(-c4ccccc4)n3)n2)cc1C. The molecule has 0 aliphatic rings. The Morgan fingerprint density at radius 2 is 1.79 bits per heavy atom. The van der Waals surface area contributed by atoms with Gasteiger partial charge in [0.1, 0.15) is 6.26 Å². The van der Waals surface area contributed by atoms with E-state index in [9.17, 15) is 4.79 Å². The largest absolute Gasteiger partial charge is 0.444 e. The number of aryl methyl sites for hydroxylation is 3. The van der Waals surface area contributed by atoms with Crippen molar-refractivity contribution >= 4 is 22.4 Å². The minimum absolute atomic E-state index is 0.133. The number of nitrogens with zero attached hydrogens (tertiary/aromatic N) is 2. The minimum atomic E-state index is -0.171. The number of rotatable bonds is 5. The first kappa shape index (κ1) is 19.1. The van der Waals surface area contributed by atoms with Crippen LogP contribution in [0.4, 0.5) is 5.13 Å². The second kappa shape index (κ2) is 8.01. The van der Waals surface area contributed by atoms with Crippen molar-refractivity contribution in [3.05, 3.63) is 76.5 Å². The van der Waals surface area contributed by atoms with Crippen LogP contribution in [0.5, 0.6) is 0 Å². The highest BCUT2D eigenvalue weighted by atomic mass is 32.1. The van der Waals surface area contributed by atoms with Crippen molar-refractivity contribution in [1.29, 1.82) is 0 Å². The number of hydrogen-bond donors (Lipinski definition) is 1. The average Bonchev–Trinajstić information content (AvgIpc) is 3.35. The zero-order valence-corrected chi connectivity index (χ0v) is 17.3. The number of benzene rings is 2. The Balaban J connectivity index is 1.44. The van der Waals surface area contributed by atoms with E-state index in [1.165, 1.54) is 34.3 Å². The molecule has 5 nitrogen and oxygen atoms in total. The molecule has 0 unspecified atom stereocenters. The van der Waals surface area contributed by atoms with Crippen molar-refractivity contribution in [3.63, 3.8) is 0 Å². The molecule has 4 aromatic rings. The quantitative estimate of drug-likeness (QED) is 0.473. The zero-order chi connectivity index (χ0) is 20.4. The van der Waals surface area contributed by atoms with Gasteiger partial charge in [-0.2, -0.15) is 0 Å². The van der Waals surface area contributed by atoms with Crippen molar-refractivity contribution in [3.8, 4) is 22.7 Å². The van der Waals surface area contributed by atoms with Gasteiger partial charge in [-0.25, -0.2) is 9.97 Å². The van der Waals surface area contributed by atoms with Crippen LogP contribution in [0.25, 0.3) is 22.7 Å². The lowest BCUT2D eigenvalue weighted by molar-refractivity contribution is -0.115. The third-order valence-corrected chi connectivity index (χ3v) is 5.54. The van der Waals surface area contributed by atoms with Gasteiger partial charge in [-0.15, -0.1) is 11.3 Å². The van der Waals surface area contributed by atoms with Crippen LogP contribution in [0, 0.1) is 20.8 Å². The summed E-state index contributed by atoms with van der Waals surface area (Å²) in [7, 11) is 0. The fourth-order valence-electron chi connectivity index (χ4n) is 3.12. The smallest absolute Gasteiger partial charge is 0.232 e. The maximum absolute atomic E-state index is 12.4. The van der Waals surface area contributed by atoms with Gasteiger partial charge >= 0.3 is 0 Å². The van der Waals surface area contributed by atoms with Gasteiger partial charge in [-0.3, -0.25) is 4.79 Å². The van der Waals surface area contributed by atoms with E-state index in [-0.39, 0.29) is 12.3 Å². The van der Waals surface area contributed by atoms with Crippen LogP contribution in [0.1, 0.15) is 22.4 Å². The summed E-state index contributed by atoms with van der Waals surface area (Å²) in [6.07, 6.45) is 1.65. The molecule has 0 aliphatic heterocycles. The number of nitrogens with one attached hydrogen (secondary N) is 1. The van der Waals surface area contributed by atoms with Crippen LogP contribution < -0.4 is 5.32 Å². The Labute approximate surface area is 173 Å². The number of thiazole rings is 1. The third kappa shape index (κ3) is 4.27. The van der Waals surface area contributed by atoms with Crippen molar-refractivity contribution in [2.45, 2.75) is 27.2 Å². The van der Waals surface area contributed by atoms with Crippen molar-refractivity contribution < 1.29 is 9.21 Å². The Hall–Kier alpha value is -3.25. The molecule has 0 spiro atoms. The van der Waals surface area contributed by atoms with E-state index in [1.54, 1.807) is 0 Å². The lowest BCUT2D eigenvalue weighted by Gasteiger charge is -2.07. The van der Waals surface area contributed by atoms with Gasteiger partial charge in [0.05, 0.1) is 17.8 Å². The molecule has 1 N–H and O–H groups in total. The predicted octanol–water partition coefficient (Wildman–Crippen LogP) is 5.57. The Morgan fingerprint density at radius 3 is 2.59 bits per heavy atom. The second-order valence-electron chi connectivity index (χ2n) is 7.02. The van der Waals surface area contributed by atoms with E-state index in [1.807, 2.05) is 35.7 Å². The first-order chi connectivity index (χ1) is 14.0. The van der Waals surface area contributed by atoms with Gasteiger partial charge in [0.2, 0.25) is 11.8 Å². The molecule has 6 heteroatoms. The molecule has 2 aromatic carbocycles. The highest BCUT2D eigenvalue weighted by molar-refractivity contribution is 7.14. The van der Waals surface area contributed by atoms with E-state index in [0.717, 1.165) is 16.8 Å². The van der Waals surface area contributed by atoms with Crippen LogP contribution >= 0.6 is 11.3 Å². The molecular weight excluding hydrogens is 382 g/mol. The number of hydrogen-bond acceptors (Lipinski definition) is 5. The Bertz CT molecular complexity index is 1160. The normalized spacial score (nSPS) is 10.9. The molecule has 0 bridgehead atoms. The van der Waals surface area contributed by atoms with E-state index >= 15 is 0 Å². The molecule has 0 saturated heterocycles. The summed E-state index contributed by atoms with van der Waals surface area (Å²) in [5.41, 5.74) is 7.09. The third-order valence-electron chi connectivity index (χ3n) is 4.78. The first-order valence-electron chi connectivity index (χ1n) is 9.33. The highest BCUT2D eigenvalue weighted by Crippen LogP contribution is 2.29. The summed E-state index contributed by atoms with van der Waals surface area (Å²) < 4.78 is 5.49. The maximum atomic E-state index is 12.4. The molecule has 2 aromatic heterocycles. The van der Waals surface area contributed by atoms with Gasteiger partial charge in [-0.1, -0.05) is 24.3 Å². The average molecular weight is 404 g/mol. The molecule has 2 heterocycles. The molecule has 0 atom stereocenters. The van der Waals surface area contributed by atoms with Gasteiger partial charge < -0.3 is 9.73 Å². The van der Waals surface area contributed by atoms with Crippen LogP contribution in [0.15, 0.2) is 58.5 Å². The highest BCUT2D eigenvalue weighted by Gasteiger charge is 2.14. The van der Waals surface area contributed by atoms with Crippen molar-refractivity contribution in [2.24, 2.45) is 0 Å². The van der Waals surface area contributed by atoms with Gasteiger partial charge in [0.15, 0.2) is 5.13 Å². The summed E-state index contributed by atoms with van der Waals surface area (Å²) in [6.45, 7) is 6.27. The number of amides is 1. The van der Waals surface area contributed by atoms with E-state index in [4.69, 9.17) is 4.42 Å². The number of carbonyl (C=O) groups is 1. The van der Waals surface area contributed by atoms with Gasteiger partial charge in [-0.05, 0) is 55.7 Å². The molecule has 0 saturated carbocycles. The van der Waals surface area contributed by atoms with Crippen molar-refractivity contribution in [2.75, 3.05) is 5.32 Å². The molecule has 146 valence electrons. The lowest BCUT2D eigenvalue weighted by Crippen LogP contribution is -2.14. The van der Waals surface area contributed by atoms with Crippen molar-refractivity contribution in [1.82, 2.24) is 9.97 Å². The van der Waals surface area contributed by atoms with Gasteiger partial charge in [0, 0.05) is 16.5 Å². The van der Waals surface area contributed by atoms with Crippen LogP contribution in [-0.4, -0.2) is 15.9 Å². The number of anilines is 1. The molecule has 0 fully saturated rings. The topological polar surface area (TPSA) is 68.0 Å². The summed E-state index contributed by atoms with van der Waals surface area (Å²) >= 11 is 1.42. The fourth-order valence-corrected chi connectivity index (χ4v) is 3.85. The monoisotopic (exact) mass is 403 g/mol. The Kier molecular flexibility index (Phi) is 5.27. The van der Waals surface area contributed by atoms with Crippen LogP contribution in [0.3, 0.4) is 0 Å². The maximum Gasteiger partial charge on any atom is 0.232 e. The molecule has 4 rings (SSSR count). The fraction of sp³-hybridized carbons (Fsp3) is 0.174. The van der Waals surface area contributed by atoms with E-state index < -0.39 is 0 Å². The second-order valence-corrected chi connectivity index (χ2v) is 7.88. The number of aromatic nitrogens is 2. The Morgan fingerprint density at radius 1 is 1.03 bits per heavy atom. The molecular formula is C23H21N3O2S. The van der Waals surface area contributed by atoms with Gasteiger partial charge in [0.25, 0.3) is 0 Å². The van der Waals surface area contributed by atoms with Crippen LogP contribution in [0.2, 0.25) is 0 Å².